The molecule has 0 radical (unpaired) electrons. The second-order valence-electron chi connectivity index (χ2n) is 16.3. The fourth-order valence-corrected chi connectivity index (χ4v) is 7.73. The van der Waals surface area contributed by atoms with Gasteiger partial charge in [0.1, 0.15) is 0 Å². The van der Waals surface area contributed by atoms with Gasteiger partial charge in [0, 0.05) is 90.1 Å². The topological polar surface area (TPSA) is 491 Å². The number of carboxylic acids is 7. The van der Waals surface area contributed by atoms with Crippen molar-refractivity contribution < 1.29 is 375 Å². The number of carboxylic acid groups (broad SMARTS) is 7. The molecule has 0 aromatic rings. The molecule has 4 amide bonds. The van der Waals surface area contributed by atoms with Crippen LogP contribution in [-0.4, -0.2) is 111 Å². The number of carbonyl (C=O) groups is 11. The number of aliphatic carboxylic acids is 7. The number of hydrogen-bond donors (Lipinski definition) is 4. The molecule has 0 rings (SSSR count). The van der Waals surface area contributed by atoms with Crippen molar-refractivity contribution in [2.75, 3.05) is 0 Å². The largest absolute Gasteiger partial charge is 1.00 e. The number of carbonyl (C=O) groups excluding carboxylic acids is 13. The zero-order valence-corrected chi connectivity index (χ0v) is 64.5. The Morgan fingerprint density at radius 2 is 0.455 bits per heavy atom. The molecule has 0 aliphatic rings. The number of amides is 4. The number of hydrogen-bond acceptors (Lipinski definition) is 22. The minimum atomic E-state index is -1.80. The van der Waals surface area contributed by atoms with E-state index < -0.39 is 210 Å². The molecule has 35 heteroatoms. The van der Waals surface area contributed by atoms with Gasteiger partial charge in [0.05, 0.1) is 0 Å². The van der Waals surface area contributed by atoms with Gasteiger partial charge >= 0.3 is 266 Å². The molecule has 0 aliphatic heterocycles. The van der Waals surface area contributed by atoms with Crippen molar-refractivity contribution in [2.45, 2.75) is 183 Å². The molecule has 0 heterocycles. The third kappa shape index (κ3) is 53.6. The molecule has 77 heavy (non-hydrogen) atoms. The van der Waals surface area contributed by atoms with E-state index in [1.54, 1.807) is 12.6 Å². The third-order valence-electron chi connectivity index (χ3n) is 11.2. The van der Waals surface area contributed by atoms with E-state index in [1.807, 2.05) is 0 Å². The summed E-state index contributed by atoms with van der Waals surface area (Å²) < 4.78 is 0. The van der Waals surface area contributed by atoms with Crippen LogP contribution in [0.5, 0.6) is 0 Å². The van der Waals surface area contributed by atoms with Gasteiger partial charge in [0.25, 0.3) is 0 Å². The van der Waals surface area contributed by atoms with Crippen molar-refractivity contribution in [3.8, 4) is 0 Å². The summed E-state index contributed by atoms with van der Waals surface area (Å²) in [4.78, 5) is 156. The maximum absolute atomic E-state index is 13.7. The summed E-state index contributed by atoms with van der Waals surface area (Å²) in [5, 5.41) is 90.2. The first-order valence-electron chi connectivity index (χ1n) is 21.1. The van der Waals surface area contributed by atoms with Gasteiger partial charge in [-0.3, -0.25) is 31.8 Å². The molecule has 0 aromatic carbocycles. The Bertz CT molecular complexity index is 1610. The molecule has 0 saturated carbocycles. The molecule has 26 nitrogen and oxygen atoms in total. The Balaban J connectivity index is -0.000000384. The summed E-state index contributed by atoms with van der Waals surface area (Å²) in [6, 6.07) is 0. The fourth-order valence-electron chi connectivity index (χ4n) is 7.73. The van der Waals surface area contributed by atoms with Crippen molar-refractivity contribution in [2.24, 2.45) is 0 Å². The van der Waals surface area contributed by atoms with Crippen LogP contribution in [-0.2, 0) is 62.3 Å². The smallest absolute Gasteiger partial charge is 0.870 e. The minimum Gasteiger partial charge on any atom is -0.870 e. The second-order valence-corrected chi connectivity index (χ2v) is 16.3. The predicted octanol–water partition coefficient (Wildman–Crippen LogP) is -35.1. The number of nitrogens with one attached hydrogen (secondary N) is 4. The van der Waals surface area contributed by atoms with Gasteiger partial charge < -0.3 is 111 Å². The van der Waals surface area contributed by atoms with Crippen LogP contribution >= 0.6 is 0 Å². The zero-order valence-electron chi connectivity index (χ0n) is 46.5. The molecule has 0 saturated heterocycles. The summed E-state index contributed by atoms with van der Waals surface area (Å²) in [6.07, 6.45) is -9.62. The normalized spacial score (nSPS) is 9.99. The van der Waals surface area contributed by atoms with Crippen molar-refractivity contribution >= 4 is 78.0 Å². The van der Waals surface area contributed by atoms with Crippen molar-refractivity contribution in [3.63, 3.8) is 0 Å². The average molecular weight is 1180 g/mol. The quantitative estimate of drug-likeness (QED) is 0.0327. The Kier molecular flexibility index (Phi) is 82.1. The molecule has 0 aliphatic carbocycles. The summed E-state index contributed by atoms with van der Waals surface area (Å²) in [6.45, 7) is 1.03. The van der Waals surface area contributed by atoms with Gasteiger partial charge in [-0.1, -0.05) is 12.8 Å². The third-order valence-corrected chi connectivity index (χ3v) is 11.2. The van der Waals surface area contributed by atoms with Crippen molar-refractivity contribution in [1.29, 1.82) is 0 Å². The van der Waals surface area contributed by atoms with E-state index in [1.165, 1.54) is 0 Å². The monoisotopic (exact) mass is 1180 g/mol. The molecule has 0 spiro atoms. The average Bonchev–Trinajstić information content (AvgIpc) is 3.22. The minimum absolute atomic E-state index is 0. The van der Waals surface area contributed by atoms with Crippen LogP contribution in [0.4, 0.5) is 0 Å². The summed E-state index contributed by atoms with van der Waals surface area (Å²) in [5.74, 6) is -14.8. The van der Waals surface area contributed by atoms with Crippen LogP contribution in [0.3, 0.4) is 0 Å². The molecule has 0 atom stereocenters. The first kappa shape index (κ1) is 107. The molecule has 6 N–H and O–H groups in total. The van der Waals surface area contributed by atoms with E-state index in [9.17, 15) is 98.1 Å². The Morgan fingerprint density at radius 3 is 0.610 bits per heavy atom. The molecule has 0 bridgehead atoms. The Morgan fingerprint density at radius 1 is 0.299 bits per heavy atom. The van der Waals surface area contributed by atoms with E-state index in [0.29, 0.717) is 0 Å². The first-order valence-corrected chi connectivity index (χ1v) is 21.1. The van der Waals surface area contributed by atoms with E-state index in [4.69, 9.17) is 0 Å². The number of rotatable bonds is 40. The van der Waals surface area contributed by atoms with E-state index in [-0.39, 0.29) is 309 Å². The van der Waals surface area contributed by atoms with E-state index in [2.05, 4.69) is 21.3 Å². The van der Waals surface area contributed by atoms with Crippen LogP contribution in [0.1, 0.15) is 161 Å². The van der Waals surface area contributed by atoms with E-state index in [0.717, 1.165) is 6.92 Å². The summed E-state index contributed by atoms with van der Waals surface area (Å²) >= 11 is 0. The van der Waals surface area contributed by atoms with Gasteiger partial charge in [-0.25, -0.2) is 0 Å². The Hall–Kier alpha value is 2.43. The van der Waals surface area contributed by atoms with E-state index >= 15 is 0 Å². The summed E-state index contributed by atoms with van der Waals surface area (Å²) in [5.41, 5.74) is -6.86. The van der Waals surface area contributed by atoms with Crippen LogP contribution in [0, 0.1) is 0 Å². The maximum atomic E-state index is 13.7. The van der Waals surface area contributed by atoms with Crippen molar-refractivity contribution in [1.82, 2.24) is 21.3 Å². The van der Waals surface area contributed by atoms with Gasteiger partial charge in [0.2, 0.25) is 23.6 Å². The molecule has 0 aromatic heterocycles. The molecular formula is C42H57N4Na9O22-2. The summed E-state index contributed by atoms with van der Waals surface area (Å²) in [7, 11) is 0. The molecule has 0 unspecified atom stereocenters. The van der Waals surface area contributed by atoms with Gasteiger partial charge in [-0.2, -0.15) is 12.8 Å². The van der Waals surface area contributed by atoms with Crippen LogP contribution in [0.25, 0.3) is 0 Å². The first-order chi connectivity index (χ1) is 30.8. The van der Waals surface area contributed by atoms with Crippen molar-refractivity contribution in [3.05, 3.63) is 0 Å². The maximum Gasteiger partial charge on any atom is 1.00 e. The van der Waals surface area contributed by atoms with Gasteiger partial charge in [-0.15, -0.1) is 0 Å². The molecule has 388 valence electrons. The van der Waals surface area contributed by atoms with Crippen LogP contribution in [0.2, 0.25) is 0 Å². The van der Waals surface area contributed by atoms with Gasteiger partial charge in [-0.05, 0) is 109 Å². The van der Waals surface area contributed by atoms with Crippen LogP contribution in [0.15, 0.2) is 0 Å². The van der Waals surface area contributed by atoms with Gasteiger partial charge in [0.15, 0.2) is 0 Å². The SMILES string of the molecule is CC(=O)NC(CCC(=O)NC(CC[C-]=O)(CC[C-]=O)CCC(=O)[O-])(CCC(=O)NC(CCC(=O)[O-])(CCC(=O)[O-])CCC(=O)[O-])CCC(=O)NC(CCC(=O)[O-])(CCC(=O)[O-])CCC(=O)[O-].[Na+].[Na+].[Na+].[Na+].[Na+].[Na+].[Na+].[Na+].[Na+].[OH-].[OH-]. The molecular weight excluding hydrogens is 1120 g/mol. The predicted molar refractivity (Wildman–Crippen MR) is 210 cm³/mol. The standard InChI is InChI=1S/C42H62N4O20.9Na.2H2O/c1-28(49)43-40(16-4-29(50)44-39(14-2-26-47,15-3-27-48)19-7-32(53)54,17-5-30(51)45-41(20-8-33(55)56,21-9-34(57)58)22-10-35(59)60)18-6-31(52)46-42(23-11-36(61)62,24-12-37(63)64)25-13-38(65)66;;;;;;;;;;;/h2-25H2,1H3,(H,43,49)(H,44,50)(H,45,51)(H,46,52)(H,53,54)(H,55,56)(H,57,58)(H,59,60)(H,61,62)(H,63,64)(H,65,66);;;;;;;;;;2*1H2/q-2;9*+1;;/p-9. The molecule has 0 fully saturated rings. The zero-order chi connectivity index (χ0) is 50.6. The fraction of sp³-hybridized carbons (Fsp3) is 0.690. The Labute approximate surface area is 646 Å². The second kappa shape index (κ2) is 58.8. The van der Waals surface area contributed by atoms with Crippen LogP contribution < -0.4 is 323 Å².